The molecule has 0 radical (unpaired) electrons. The van der Waals surface area contributed by atoms with E-state index in [4.69, 9.17) is 11.6 Å². The monoisotopic (exact) mass is 439 g/mol. The van der Waals surface area contributed by atoms with Crippen molar-refractivity contribution in [1.29, 1.82) is 0 Å². The van der Waals surface area contributed by atoms with Gasteiger partial charge in [-0.25, -0.2) is 9.78 Å². The molecule has 10 heteroatoms. The minimum Gasteiger partial charge on any atom is -0.352 e. The summed E-state index contributed by atoms with van der Waals surface area (Å²) in [5.74, 6) is 0.288. The summed E-state index contributed by atoms with van der Waals surface area (Å²) in [6.45, 7) is 0.319. The molecule has 8 nitrogen and oxygen atoms in total. The van der Waals surface area contributed by atoms with Gasteiger partial charge in [0.25, 0.3) is 5.56 Å². The van der Waals surface area contributed by atoms with Gasteiger partial charge in [0, 0.05) is 35.9 Å². The molecule has 0 aliphatic rings. The summed E-state index contributed by atoms with van der Waals surface area (Å²) in [5.41, 5.74) is 0.217. The lowest BCUT2D eigenvalue weighted by atomic mass is 10.2. The van der Waals surface area contributed by atoms with Crippen molar-refractivity contribution in [3.8, 4) is 0 Å². The van der Waals surface area contributed by atoms with E-state index in [0.29, 0.717) is 23.8 Å². The van der Waals surface area contributed by atoms with E-state index >= 15 is 0 Å². The number of aryl methyl sites for hydroxylation is 2. The van der Waals surface area contributed by atoms with Gasteiger partial charge >= 0.3 is 5.69 Å². The Morgan fingerprint density at radius 1 is 1.35 bits per heavy atom. The molecule has 3 aromatic rings. The molecule has 0 spiro atoms. The zero-order valence-corrected chi connectivity index (χ0v) is 16.1. The maximum atomic E-state index is 12.0. The lowest BCUT2D eigenvalue weighted by molar-refractivity contribution is -0.121. The number of benzene rings is 1. The first kappa shape index (κ1) is 18.4. The molecule has 0 aliphatic heterocycles. The standard InChI is InChI=1S/C16H15BrClN5O3/c1-23-14-13(15(25)22-16(23)26)20-11(21-14)4-5-12(24)19-7-8-2-3-9(17)6-10(8)18/h2-3,6H,4-5,7H2,1H3,(H,19,24)(H,20,21)(H,22,25,26). The largest absolute Gasteiger partial charge is 0.352 e. The van der Waals surface area contributed by atoms with E-state index in [9.17, 15) is 14.4 Å². The highest BCUT2D eigenvalue weighted by molar-refractivity contribution is 9.10. The van der Waals surface area contributed by atoms with Crippen molar-refractivity contribution in [2.45, 2.75) is 19.4 Å². The van der Waals surface area contributed by atoms with Crippen LogP contribution in [0.3, 0.4) is 0 Å². The topological polar surface area (TPSA) is 113 Å². The highest BCUT2D eigenvalue weighted by Gasteiger charge is 2.12. The molecule has 0 atom stereocenters. The summed E-state index contributed by atoms with van der Waals surface area (Å²) >= 11 is 9.44. The Bertz CT molecular complexity index is 1100. The summed E-state index contributed by atoms with van der Waals surface area (Å²) in [5, 5.41) is 3.36. The van der Waals surface area contributed by atoms with Crippen molar-refractivity contribution in [2.75, 3.05) is 0 Å². The van der Waals surface area contributed by atoms with E-state index in [1.165, 1.54) is 11.6 Å². The van der Waals surface area contributed by atoms with Crippen LogP contribution < -0.4 is 16.6 Å². The molecule has 0 aliphatic carbocycles. The number of aromatic amines is 2. The van der Waals surface area contributed by atoms with Crippen LogP contribution in [0.1, 0.15) is 17.8 Å². The first-order valence-electron chi connectivity index (χ1n) is 7.73. The Morgan fingerprint density at radius 2 is 2.12 bits per heavy atom. The molecule has 3 N–H and O–H groups in total. The van der Waals surface area contributed by atoms with Gasteiger partial charge in [-0.3, -0.25) is 19.1 Å². The predicted octanol–water partition coefficient (Wildman–Crippen LogP) is 1.61. The van der Waals surface area contributed by atoms with Crippen LogP contribution in [0.2, 0.25) is 5.02 Å². The van der Waals surface area contributed by atoms with Crippen LogP contribution in [-0.4, -0.2) is 25.4 Å². The van der Waals surface area contributed by atoms with Crippen molar-refractivity contribution < 1.29 is 4.79 Å². The molecule has 0 saturated carbocycles. The van der Waals surface area contributed by atoms with Crippen molar-refractivity contribution in [3.63, 3.8) is 0 Å². The Morgan fingerprint density at radius 3 is 2.85 bits per heavy atom. The van der Waals surface area contributed by atoms with E-state index in [-0.39, 0.29) is 23.5 Å². The molecule has 0 unspecified atom stereocenters. The average Bonchev–Trinajstić information content (AvgIpc) is 3.02. The van der Waals surface area contributed by atoms with Gasteiger partial charge < -0.3 is 10.3 Å². The number of halogens is 2. The lowest BCUT2D eigenvalue weighted by Crippen LogP contribution is -2.28. The molecule has 26 heavy (non-hydrogen) atoms. The van der Waals surface area contributed by atoms with Crippen molar-refractivity contribution in [2.24, 2.45) is 7.05 Å². The summed E-state index contributed by atoms with van der Waals surface area (Å²) in [7, 11) is 1.51. The zero-order chi connectivity index (χ0) is 18.8. The van der Waals surface area contributed by atoms with Crippen LogP contribution in [0.15, 0.2) is 32.3 Å². The summed E-state index contributed by atoms with van der Waals surface area (Å²) in [4.78, 5) is 44.7. The quantitative estimate of drug-likeness (QED) is 0.559. The molecule has 3 rings (SSSR count). The zero-order valence-electron chi connectivity index (χ0n) is 13.7. The number of carbonyl (C=O) groups excluding carboxylic acids is 1. The van der Waals surface area contributed by atoms with Gasteiger partial charge in [0.05, 0.1) is 0 Å². The number of fused-ring (bicyclic) bond motifs is 1. The molecule has 0 saturated heterocycles. The number of nitrogens with zero attached hydrogens (tertiary/aromatic N) is 2. The molecule has 2 heterocycles. The van der Waals surface area contributed by atoms with Crippen LogP contribution in [-0.2, 0) is 24.8 Å². The highest BCUT2D eigenvalue weighted by atomic mass is 79.9. The van der Waals surface area contributed by atoms with Gasteiger partial charge in [-0.1, -0.05) is 33.6 Å². The molecule has 1 amide bonds. The third-order valence-corrected chi connectivity index (χ3v) is 4.73. The Kier molecular flexibility index (Phi) is 5.28. The molecule has 2 aromatic heterocycles. The van der Waals surface area contributed by atoms with Crippen molar-refractivity contribution in [3.05, 3.63) is 59.9 Å². The van der Waals surface area contributed by atoms with Gasteiger partial charge in [-0.15, -0.1) is 0 Å². The first-order chi connectivity index (χ1) is 12.3. The smallest absolute Gasteiger partial charge is 0.329 e. The number of rotatable bonds is 5. The van der Waals surface area contributed by atoms with Crippen LogP contribution >= 0.6 is 27.5 Å². The molecule has 0 fully saturated rings. The second kappa shape index (κ2) is 7.46. The number of amides is 1. The lowest BCUT2D eigenvalue weighted by Gasteiger charge is -2.07. The highest BCUT2D eigenvalue weighted by Crippen LogP contribution is 2.21. The van der Waals surface area contributed by atoms with Gasteiger partial charge in [0.1, 0.15) is 11.3 Å². The molecular formula is C16H15BrClN5O3. The first-order valence-corrected chi connectivity index (χ1v) is 8.91. The van der Waals surface area contributed by atoms with Crippen molar-refractivity contribution >= 4 is 44.6 Å². The second-order valence-electron chi connectivity index (χ2n) is 5.71. The molecule has 0 bridgehead atoms. The van der Waals surface area contributed by atoms with Gasteiger partial charge in [0.15, 0.2) is 5.65 Å². The van der Waals surface area contributed by atoms with Crippen LogP contribution in [0.25, 0.3) is 11.2 Å². The fraction of sp³-hybridized carbons (Fsp3) is 0.250. The van der Waals surface area contributed by atoms with E-state index in [2.05, 4.69) is 36.2 Å². The number of carbonyl (C=O) groups is 1. The number of hydrogen-bond donors (Lipinski definition) is 3. The van der Waals surface area contributed by atoms with Crippen LogP contribution in [0.5, 0.6) is 0 Å². The van der Waals surface area contributed by atoms with E-state index in [1.807, 2.05) is 12.1 Å². The van der Waals surface area contributed by atoms with Gasteiger partial charge in [-0.2, -0.15) is 0 Å². The third-order valence-electron chi connectivity index (χ3n) is 3.88. The molecule has 1 aromatic carbocycles. The van der Waals surface area contributed by atoms with Gasteiger partial charge in [-0.05, 0) is 17.7 Å². The Balaban J connectivity index is 1.63. The maximum Gasteiger partial charge on any atom is 0.329 e. The predicted molar refractivity (Wildman–Crippen MR) is 101 cm³/mol. The summed E-state index contributed by atoms with van der Waals surface area (Å²) in [6, 6.07) is 5.45. The Labute approximate surface area is 160 Å². The average molecular weight is 441 g/mol. The number of imidazole rings is 1. The number of nitrogens with one attached hydrogen (secondary N) is 3. The molecular weight excluding hydrogens is 426 g/mol. The third kappa shape index (κ3) is 3.88. The molecule has 136 valence electrons. The minimum absolute atomic E-state index is 0.174. The number of hydrogen-bond acceptors (Lipinski definition) is 4. The fourth-order valence-electron chi connectivity index (χ4n) is 2.45. The minimum atomic E-state index is -0.537. The van der Waals surface area contributed by atoms with E-state index < -0.39 is 11.2 Å². The fourth-order valence-corrected chi connectivity index (χ4v) is 3.19. The summed E-state index contributed by atoms with van der Waals surface area (Å²) < 4.78 is 2.11. The van der Waals surface area contributed by atoms with E-state index in [1.54, 1.807) is 6.07 Å². The number of aromatic nitrogens is 4. The maximum absolute atomic E-state index is 12.0. The van der Waals surface area contributed by atoms with Crippen LogP contribution in [0.4, 0.5) is 0 Å². The van der Waals surface area contributed by atoms with Crippen molar-refractivity contribution in [1.82, 2.24) is 24.8 Å². The van der Waals surface area contributed by atoms with Gasteiger partial charge in [0.2, 0.25) is 5.91 Å². The SMILES string of the molecule is Cn1c(=O)[nH]c(=O)c2[nH]c(CCC(=O)NCc3ccc(Br)cc3Cl)nc21. The van der Waals surface area contributed by atoms with Crippen LogP contribution in [0, 0.1) is 0 Å². The number of H-pyrrole nitrogens is 2. The summed E-state index contributed by atoms with van der Waals surface area (Å²) in [6.07, 6.45) is 0.488. The Hall–Kier alpha value is -2.39. The normalized spacial score (nSPS) is 11.0. The van der Waals surface area contributed by atoms with E-state index in [0.717, 1.165) is 10.0 Å². The second-order valence-corrected chi connectivity index (χ2v) is 7.04.